The van der Waals surface area contributed by atoms with Gasteiger partial charge in [-0.25, -0.2) is 8.78 Å². The quantitative estimate of drug-likeness (QED) is 0.899. The van der Waals surface area contributed by atoms with Gasteiger partial charge in [0.05, 0.1) is 17.2 Å². The van der Waals surface area contributed by atoms with Crippen molar-refractivity contribution in [1.82, 2.24) is 0 Å². The zero-order valence-corrected chi connectivity index (χ0v) is 9.88. The summed E-state index contributed by atoms with van der Waals surface area (Å²) in [5, 5.41) is 8.58. The van der Waals surface area contributed by atoms with Crippen molar-refractivity contribution in [3.8, 4) is 11.8 Å². The molecule has 0 bridgehead atoms. The Morgan fingerprint density at radius 2 is 1.83 bits per heavy atom. The molecule has 96 valence electrons. The van der Waals surface area contributed by atoms with Crippen molar-refractivity contribution in [2.24, 2.45) is 5.73 Å². The van der Waals surface area contributed by atoms with Crippen LogP contribution in [0.4, 0.5) is 8.78 Å². The summed E-state index contributed by atoms with van der Waals surface area (Å²) in [5.74, 6) is -2.19. The first-order valence-corrected chi connectivity index (χ1v) is 5.85. The van der Waals surface area contributed by atoms with Gasteiger partial charge < -0.3 is 10.5 Å². The average molecular weight is 252 g/mol. The van der Waals surface area contributed by atoms with E-state index < -0.39 is 22.9 Å². The molecule has 1 saturated carbocycles. The Hall–Kier alpha value is -1.67. The summed E-state index contributed by atoms with van der Waals surface area (Å²) in [4.78, 5) is 0. The van der Waals surface area contributed by atoms with Gasteiger partial charge in [0.1, 0.15) is 6.61 Å². The van der Waals surface area contributed by atoms with Gasteiger partial charge in [0.2, 0.25) is 0 Å². The van der Waals surface area contributed by atoms with Gasteiger partial charge >= 0.3 is 0 Å². The van der Waals surface area contributed by atoms with E-state index in [1.165, 1.54) is 0 Å². The monoisotopic (exact) mass is 252 g/mol. The Morgan fingerprint density at radius 1 is 1.28 bits per heavy atom. The molecule has 0 aromatic heterocycles. The number of rotatable bonds is 3. The Kier molecular flexibility index (Phi) is 3.48. The fraction of sp³-hybridized carbons (Fsp3) is 0.462. The lowest BCUT2D eigenvalue weighted by molar-refractivity contribution is 0.204. The molecule has 1 aliphatic carbocycles. The van der Waals surface area contributed by atoms with E-state index >= 15 is 0 Å². The molecule has 0 saturated heterocycles. The fourth-order valence-corrected chi connectivity index (χ4v) is 2.20. The number of halogens is 2. The summed E-state index contributed by atoms with van der Waals surface area (Å²) in [6, 6.07) is 3.59. The van der Waals surface area contributed by atoms with Crippen LogP contribution >= 0.6 is 0 Å². The molecule has 1 aromatic rings. The minimum atomic E-state index is -0.867. The number of nitrogens with zero attached hydrogens (tertiary/aromatic N) is 1. The van der Waals surface area contributed by atoms with Gasteiger partial charge in [-0.1, -0.05) is 12.8 Å². The first-order chi connectivity index (χ1) is 8.54. The summed E-state index contributed by atoms with van der Waals surface area (Å²) in [6.45, 7) is 0.0900. The van der Waals surface area contributed by atoms with Crippen molar-refractivity contribution < 1.29 is 13.5 Å². The third kappa shape index (κ3) is 2.59. The standard InChI is InChI=1S/C13H14F2N2O/c14-10-5-9(7-16)6-11(15)12(10)18-8-13(17)3-1-2-4-13/h5-6H,1-4,8,17H2. The highest BCUT2D eigenvalue weighted by Gasteiger charge is 2.30. The molecule has 2 N–H and O–H groups in total. The second kappa shape index (κ2) is 4.91. The number of nitriles is 1. The van der Waals surface area contributed by atoms with Crippen LogP contribution in [-0.4, -0.2) is 12.1 Å². The lowest BCUT2D eigenvalue weighted by Crippen LogP contribution is -2.42. The predicted octanol–water partition coefficient (Wildman–Crippen LogP) is 2.49. The molecule has 2 rings (SSSR count). The summed E-state index contributed by atoms with van der Waals surface area (Å²) >= 11 is 0. The zero-order valence-electron chi connectivity index (χ0n) is 9.88. The van der Waals surface area contributed by atoms with Gasteiger partial charge in [-0.2, -0.15) is 5.26 Å². The molecule has 0 unspecified atom stereocenters. The summed E-state index contributed by atoms with van der Waals surface area (Å²) in [5.41, 5.74) is 5.48. The van der Waals surface area contributed by atoms with Gasteiger partial charge in [-0.15, -0.1) is 0 Å². The van der Waals surface area contributed by atoms with Crippen molar-refractivity contribution in [2.45, 2.75) is 31.2 Å². The third-order valence-corrected chi connectivity index (χ3v) is 3.23. The van der Waals surface area contributed by atoms with Crippen molar-refractivity contribution in [3.05, 3.63) is 29.3 Å². The Morgan fingerprint density at radius 3 is 2.33 bits per heavy atom. The average Bonchev–Trinajstić information content (AvgIpc) is 2.75. The van der Waals surface area contributed by atoms with E-state index in [1.54, 1.807) is 6.07 Å². The van der Waals surface area contributed by atoms with Gasteiger partial charge in [0.25, 0.3) is 0 Å². The molecule has 0 heterocycles. The zero-order chi connectivity index (χ0) is 13.2. The van der Waals surface area contributed by atoms with Crippen LogP contribution < -0.4 is 10.5 Å². The normalized spacial score (nSPS) is 17.4. The van der Waals surface area contributed by atoms with E-state index in [-0.39, 0.29) is 12.2 Å². The molecule has 0 atom stereocenters. The largest absolute Gasteiger partial charge is 0.486 e. The molecule has 3 nitrogen and oxygen atoms in total. The fourth-order valence-electron chi connectivity index (χ4n) is 2.20. The molecule has 1 fully saturated rings. The number of hydrogen-bond donors (Lipinski definition) is 1. The third-order valence-electron chi connectivity index (χ3n) is 3.23. The summed E-state index contributed by atoms with van der Waals surface area (Å²) < 4.78 is 32.2. The van der Waals surface area contributed by atoms with Crippen LogP contribution in [0.25, 0.3) is 0 Å². The van der Waals surface area contributed by atoms with Gasteiger partial charge in [0, 0.05) is 0 Å². The first kappa shape index (κ1) is 12.8. The molecule has 0 radical (unpaired) electrons. The molecular weight excluding hydrogens is 238 g/mol. The molecule has 0 spiro atoms. The van der Waals surface area contributed by atoms with E-state index in [0.717, 1.165) is 37.8 Å². The molecular formula is C13H14F2N2O. The second-order valence-corrected chi connectivity index (χ2v) is 4.74. The van der Waals surface area contributed by atoms with Crippen LogP contribution in [-0.2, 0) is 0 Å². The molecule has 1 aromatic carbocycles. The summed E-state index contributed by atoms with van der Waals surface area (Å²) in [6.07, 6.45) is 3.62. The lowest BCUT2D eigenvalue weighted by atomic mass is 10.0. The van der Waals surface area contributed by atoms with Crippen LogP contribution in [0.2, 0.25) is 0 Å². The SMILES string of the molecule is N#Cc1cc(F)c(OCC2(N)CCCC2)c(F)c1. The maximum Gasteiger partial charge on any atom is 0.190 e. The van der Waals surface area contributed by atoms with Gasteiger partial charge in [-0.05, 0) is 25.0 Å². The van der Waals surface area contributed by atoms with Crippen LogP contribution in [0.1, 0.15) is 31.2 Å². The van der Waals surface area contributed by atoms with E-state index in [9.17, 15) is 8.78 Å². The molecule has 0 aliphatic heterocycles. The van der Waals surface area contributed by atoms with Crippen LogP contribution in [0.3, 0.4) is 0 Å². The molecule has 5 heteroatoms. The first-order valence-electron chi connectivity index (χ1n) is 5.85. The Balaban J connectivity index is 2.12. The van der Waals surface area contributed by atoms with Crippen LogP contribution in [0, 0.1) is 23.0 Å². The van der Waals surface area contributed by atoms with Gasteiger partial charge in [-0.3, -0.25) is 0 Å². The van der Waals surface area contributed by atoms with E-state index in [0.29, 0.717) is 0 Å². The second-order valence-electron chi connectivity index (χ2n) is 4.74. The highest BCUT2D eigenvalue weighted by atomic mass is 19.1. The minimum absolute atomic E-state index is 0.0688. The topological polar surface area (TPSA) is 59.0 Å². The Bertz CT molecular complexity index is 467. The molecule has 18 heavy (non-hydrogen) atoms. The number of ether oxygens (including phenoxy) is 1. The van der Waals surface area contributed by atoms with Crippen LogP contribution in [0.15, 0.2) is 12.1 Å². The number of benzene rings is 1. The van der Waals surface area contributed by atoms with E-state index in [1.807, 2.05) is 0 Å². The number of nitrogens with two attached hydrogens (primary N) is 1. The minimum Gasteiger partial charge on any atom is -0.486 e. The maximum absolute atomic E-state index is 13.5. The summed E-state index contributed by atoms with van der Waals surface area (Å²) in [7, 11) is 0. The molecule has 0 amide bonds. The van der Waals surface area contributed by atoms with E-state index in [2.05, 4.69) is 0 Å². The highest BCUT2D eigenvalue weighted by Crippen LogP contribution is 2.29. The van der Waals surface area contributed by atoms with Crippen molar-refractivity contribution in [1.29, 1.82) is 5.26 Å². The molecule has 1 aliphatic rings. The van der Waals surface area contributed by atoms with E-state index in [4.69, 9.17) is 15.7 Å². The lowest BCUT2D eigenvalue weighted by Gasteiger charge is -2.23. The van der Waals surface area contributed by atoms with Gasteiger partial charge in [0.15, 0.2) is 17.4 Å². The predicted molar refractivity (Wildman–Crippen MR) is 62.0 cm³/mol. The van der Waals surface area contributed by atoms with Crippen molar-refractivity contribution >= 4 is 0 Å². The smallest absolute Gasteiger partial charge is 0.190 e. The van der Waals surface area contributed by atoms with Crippen molar-refractivity contribution in [3.63, 3.8) is 0 Å². The Labute approximate surface area is 104 Å². The van der Waals surface area contributed by atoms with Crippen LogP contribution in [0.5, 0.6) is 5.75 Å². The van der Waals surface area contributed by atoms with Crippen molar-refractivity contribution in [2.75, 3.05) is 6.61 Å². The highest BCUT2D eigenvalue weighted by molar-refractivity contribution is 5.37. The number of hydrogen-bond acceptors (Lipinski definition) is 3. The maximum atomic E-state index is 13.5.